The van der Waals surface area contributed by atoms with Crippen LogP contribution in [0.4, 0.5) is 0 Å². The summed E-state index contributed by atoms with van der Waals surface area (Å²) < 4.78 is 20.7. The van der Waals surface area contributed by atoms with Crippen LogP contribution >= 0.6 is 0 Å². The number of methoxy groups -OCH3 is 1. The van der Waals surface area contributed by atoms with Crippen LogP contribution in [0.1, 0.15) is 47.5 Å². The van der Waals surface area contributed by atoms with Gasteiger partial charge in [-0.05, 0) is 13.8 Å². The maximum absolute atomic E-state index is 11.5. The van der Waals surface area contributed by atoms with Crippen LogP contribution in [0, 0.1) is 11.8 Å². The van der Waals surface area contributed by atoms with Gasteiger partial charge in [0.1, 0.15) is 19.0 Å². The molecule has 9 heteroatoms. The maximum Gasteiger partial charge on any atom is 0.308 e. The van der Waals surface area contributed by atoms with Gasteiger partial charge >= 0.3 is 17.9 Å². The number of carbonyl (C=O) groups is 3. The van der Waals surface area contributed by atoms with E-state index in [4.69, 9.17) is 18.9 Å². The Labute approximate surface area is 159 Å². The first-order valence-corrected chi connectivity index (χ1v) is 8.85. The van der Waals surface area contributed by atoms with E-state index in [0.29, 0.717) is 0 Å². The molecule has 0 aliphatic carbocycles. The minimum atomic E-state index is -1.06. The third-order valence-electron chi connectivity index (χ3n) is 4.16. The Hall–Kier alpha value is -1.71. The van der Waals surface area contributed by atoms with Crippen molar-refractivity contribution >= 4 is 17.9 Å². The van der Waals surface area contributed by atoms with Gasteiger partial charge in [-0.15, -0.1) is 0 Å². The molecule has 0 aliphatic heterocycles. The van der Waals surface area contributed by atoms with Gasteiger partial charge < -0.3 is 29.2 Å². The summed E-state index contributed by atoms with van der Waals surface area (Å²) >= 11 is 0. The van der Waals surface area contributed by atoms with Gasteiger partial charge in [-0.25, -0.2) is 0 Å². The average molecular weight is 392 g/mol. The topological polar surface area (TPSA) is 129 Å². The van der Waals surface area contributed by atoms with Crippen LogP contribution in [0.5, 0.6) is 0 Å². The van der Waals surface area contributed by atoms with Crippen molar-refractivity contribution in [1.29, 1.82) is 0 Å². The summed E-state index contributed by atoms with van der Waals surface area (Å²) in [5.74, 6) is -3.49. The van der Waals surface area contributed by atoms with Gasteiger partial charge in [0.2, 0.25) is 0 Å². The number of aliphatic hydroxyl groups is 1. The number of hydrogen-bond acceptors (Lipinski definition) is 8. The van der Waals surface area contributed by atoms with E-state index in [2.05, 4.69) is 0 Å². The normalized spacial score (nSPS) is 17.9. The van der Waals surface area contributed by atoms with Crippen molar-refractivity contribution < 1.29 is 43.5 Å². The van der Waals surface area contributed by atoms with E-state index in [-0.39, 0.29) is 19.6 Å². The molecule has 0 saturated carbocycles. The standard InChI is InChI=1S/C18H32O9/c1-10(26-13(4)19)7-15(21)8-16(27-14(5)20)11(2)17(25-9-24-6)12(3)18(22)23/h10-12,15-17,21H,7-9H2,1-6H3,(H,22,23)/t10-,11+,12+,15+,16+,17+/m1/s1. The van der Waals surface area contributed by atoms with Gasteiger partial charge in [0.15, 0.2) is 0 Å². The van der Waals surface area contributed by atoms with E-state index >= 15 is 0 Å². The number of esters is 2. The van der Waals surface area contributed by atoms with Gasteiger partial charge in [-0.1, -0.05) is 6.92 Å². The third kappa shape index (κ3) is 10.3. The second kappa shape index (κ2) is 12.6. The molecule has 2 N–H and O–H groups in total. The number of hydrogen-bond donors (Lipinski definition) is 2. The van der Waals surface area contributed by atoms with Crippen molar-refractivity contribution in [2.24, 2.45) is 11.8 Å². The van der Waals surface area contributed by atoms with Gasteiger partial charge in [-0.2, -0.15) is 0 Å². The highest BCUT2D eigenvalue weighted by atomic mass is 16.7. The van der Waals surface area contributed by atoms with Gasteiger partial charge in [0.05, 0.1) is 18.1 Å². The van der Waals surface area contributed by atoms with Crippen molar-refractivity contribution in [1.82, 2.24) is 0 Å². The van der Waals surface area contributed by atoms with Crippen molar-refractivity contribution in [2.75, 3.05) is 13.9 Å². The lowest BCUT2D eigenvalue weighted by Crippen LogP contribution is -2.42. The third-order valence-corrected chi connectivity index (χ3v) is 4.16. The molecule has 0 fully saturated rings. The quantitative estimate of drug-likeness (QED) is 0.352. The lowest BCUT2D eigenvalue weighted by Gasteiger charge is -2.33. The molecule has 0 aromatic carbocycles. The maximum atomic E-state index is 11.5. The van der Waals surface area contributed by atoms with Crippen LogP contribution < -0.4 is 0 Å². The minimum Gasteiger partial charge on any atom is -0.481 e. The zero-order valence-corrected chi connectivity index (χ0v) is 16.8. The fourth-order valence-electron chi connectivity index (χ4n) is 2.91. The van der Waals surface area contributed by atoms with Crippen LogP contribution in [-0.4, -0.2) is 66.4 Å². The van der Waals surface area contributed by atoms with Gasteiger partial charge in [0, 0.05) is 39.7 Å². The van der Waals surface area contributed by atoms with Crippen molar-refractivity contribution in [3.05, 3.63) is 0 Å². The van der Waals surface area contributed by atoms with E-state index < -0.39 is 54.2 Å². The summed E-state index contributed by atoms with van der Waals surface area (Å²) in [7, 11) is 1.41. The zero-order valence-electron chi connectivity index (χ0n) is 16.8. The average Bonchev–Trinajstić information content (AvgIpc) is 2.52. The first kappa shape index (κ1) is 25.3. The Morgan fingerprint density at radius 2 is 1.52 bits per heavy atom. The van der Waals surface area contributed by atoms with Gasteiger partial charge in [-0.3, -0.25) is 14.4 Å². The van der Waals surface area contributed by atoms with E-state index in [9.17, 15) is 24.6 Å². The number of carboxylic acids is 1. The smallest absolute Gasteiger partial charge is 0.308 e. The first-order chi connectivity index (χ1) is 12.5. The molecule has 0 spiro atoms. The predicted molar refractivity (Wildman–Crippen MR) is 94.7 cm³/mol. The molecular formula is C18H32O9. The molecular weight excluding hydrogens is 360 g/mol. The van der Waals surface area contributed by atoms with Crippen molar-refractivity contribution in [2.45, 2.75) is 71.9 Å². The highest BCUT2D eigenvalue weighted by molar-refractivity contribution is 5.70. The Kier molecular flexibility index (Phi) is 11.8. The molecule has 0 aliphatic rings. The van der Waals surface area contributed by atoms with Crippen LogP contribution in [0.3, 0.4) is 0 Å². The summed E-state index contributed by atoms with van der Waals surface area (Å²) in [6, 6.07) is 0. The van der Waals surface area contributed by atoms with Gasteiger partial charge in [0.25, 0.3) is 0 Å². The fraction of sp³-hybridized carbons (Fsp3) is 0.833. The van der Waals surface area contributed by atoms with Crippen LogP contribution in [0.2, 0.25) is 0 Å². The molecule has 0 aromatic heterocycles. The molecule has 9 nitrogen and oxygen atoms in total. The van der Waals surface area contributed by atoms with Crippen molar-refractivity contribution in [3.8, 4) is 0 Å². The lowest BCUT2D eigenvalue weighted by atomic mass is 9.86. The molecule has 0 heterocycles. The molecule has 6 atom stereocenters. The van der Waals surface area contributed by atoms with E-state index in [0.717, 1.165) is 0 Å². The molecule has 0 amide bonds. The largest absolute Gasteiger partial charge is 0.481 e. The van der Waals surface area contributed by atoms with Crippen LogP contribution in [-0.2, 0) is 33.3 Å². The second-order valence-corrected chi connectivity index (χ2v) is 6.72. The first-order valence-electron chi connectivity index (χ1n) is 8.85. The van der Waals surface area contributed by atoms with E-state index in [1.165, 1.54) is 27.9 Å². The summed E-state index contributed by atoms with van der Waals surface area (Å²) in [5.41, 5.74) is 0. The summed E-state index contributed by atoms with van der Waals surface area (Å²) in [5, 5.41) is 19.6. The second-order valence-electron chi connectivity index (χ2n) is 6.72. The Bertz CT molecular complexity index is 479. The van der Waals surface area contributed by atoms with Crippen LogP contribution in [0.25, 0.3) is 0 Å². The summed E-state index contributed by atoms with van der Waals surface area (Å²) in [4.78, 5) is 33.9. The van der Waals surface area contributed by atoms with Crippen LogP contribution in [0.15, 0.2) is 0 Å². The molecule has 0 aromatic rings. The molecule has 0 unspecified atom stereocenters. The molecule has 27 heavy (non-hydrogen) atoms. The molecule has 0 bridgehead atoms. The van der Waals surface area contributed by atoms with E-state index in [1.54, 1.807) is 13.8 Å². The Morgan fingerprint density at radius 1 is 0.963 bits per heavy atom. The summed E-state index contributed by atoms with van der Waals surface area (Å²) in [6.07, 6.45) is -2.82. The number of ether oxygens (including phenoxy) is 4. The predicted octanol–water partition coefficient (Wildman–Crippen LogP) is 1.36. The summed E-state index contributed by atoms with van der Waals surface area (Å²) in [6.45, 7) is 7.22. The number of carboxylic acid groups (broad SMARTS) is 1. The fourth-order valence-corrected chi connectivity index (χ4v) is 2.91. The molecule has 0 rings (SSSR count). The number of rotatable bonds is 13. The number of aliphatic hydroxyl groups excluding tert-OH is 1. The SMILES string of the molecule is COCO[C@@H]([C@@H](C)[C@H](C[C@@H](O)C[C@@H](C)OC(C)=O)OC(C)=O)[C@H](C)C(=O)O. The zero-order chi connectivity index (χ0) is 21.1. The highest BCUT2D eigenvalue weighted by Gasteiger charge is 2.37. The Morgan fingerprint density at radius 3 is 1.96 bits per heavy atom. The molecule has 0 radical (unpaired) electrons. The van der Waals surface area contributed by atoms with E-state index in [1.807, 2.05) is 0 Å². The lowest BCUT2D eigenvalue weighted by molar-refractivity contribution is -0.170. The number of carbonyl (C=O) groups excluding carboxylic acids is 2. The number of aliphatic carboxylic acids is 1. The van der Waals surface area contributed by atoms with Crippen molar-refractivity contribution in [3.63, 3.8) is 0 Å². The highest BCUT2D eigenvalue weighted by Crippen LogP contribution is 2.26. The monoisotopic (exact) mass is 392 g/mol. The minimum absolute atomic E-state index is 0.0472. The molecule has 158 valence electrons. The molecule has 0 saturated heterocycles. The Balaban J connectivity index is 5.22.